The molecule has 0 fully saturated rings. The number of ether oxygens (including phenoxy) is 1. The van der Waals surface area contributed by atoms with Gasteiger partial charge in [0.25, 0.3) is 5.56 Å². The average molecular weight is 556 g/mol. The molecule has 0 amide bonds. The lowest BCUT2D eigenvalue weighted by Crippen LogP contribution is -2.30. The highest BCUT2D eigenvalue weighted by molar-refractivity contribution is 9.10. The van der Waals surface area contributed by atoms with Crippen LogP contribution >= 0.6 is 15.9 Å². The highest BCUT2D eigenvalue weighted by Crippen LogP contribution is 2.19. The Morgan fingerprint density at radius 2 is 1.89 bits per heavy atom. The minimum absolute atomic E-state index is 0.0219. The number of fused-ring (bicyclic) bond motifs is 1. The molecule has 0 saturated carbocycles. The standard InChI is InChI=1S/C24H26BrN7O4/c1-30(2)17-8-4-15(5-9-17)12-26-29-23-27-21-20(22(34)28-24(35)31(21)3)32(23)13-18(33)14-36-19-10-6-16(25)7-11-19/h4-12,18,33H,13-14H2,1-3H3,(H,27,29)(H,28,34,35)/b26-12-. The van der Waals surface area contributed by atoms with Crippen molar-refractivity contribution in [3.05, 3.63) is 79.4 Å². The van der Waals surface area contributed by atoms with Crippen molar-refractivity contribution >= 4 is 44.9 Å². The number of benzene rings is 2. The highest BCUT2D eigenvalue weighted by Gasteiger charge is 2.20. The topological polar surface area (TPSA) is 130 Å². The summed E-state index contributed by atoms with van der Waals surface area (Å²) in [4.78, 5) is 33.4. The summed E-state index contributed by atoms with van der Waals surface area (Å²) >= 11 is 3.37. The van der Waals surface area contributed by atoms with Gasteiger partial charge in [-0.2, -0.15) is 10.1 Å². The fraction of sp³-hybridized carbons (Fsp3) is 0.250. The lowest BCUT2D eigenvalue weighted by molar-refractivity contribution is 0.0938. The van der Waals surface area contributed by atoms with Crippen molar-refractivity contribution in [2.45, 2.75) is 12.6 Å². The predicted molar refractivity (Wildman–Crippen MR) is 143 cm³/mol. The third kappa shape index (κ3) is 5.66. The molecule has 2 heterocycles. The van der Waals surface area contributed by atoms with Crippen LogP contribution in [-0.4, -0.2) is 57.2 Å². The zero-order valence-corrected chi connectivity index (χ0v) is 21.6. The number of halogens is 1. The maximum atomic E-state index is 12.6. The Hall–Kier alpha value is -3.90. The van der Waals surface area contributed by atoms with Crippen molar-refractivity contribution in [1.29, 1.82) is 0 Å². The lowest BCUT2D eigenvalue weighted by Gasteiger charge is -2.15. The fourth-order valence-electron chi connectivity index (χ4n) is 3.51. The van der Waals surface area contributed by atoms with E-state index in [9.17, 15) is 14.7 Å². The molecule has 0 aliphatic carbocycles. The first-order valence-corrected chi connectivity index (χ1v) is 11.8. The van der Waals surface area contributed by atoms with Crippen LogP contribution in [0.1, 0.15) is 5.56 Å². The number of hydrogen-bond donors (Lipinski definition) is 3. The van der Waals surface area contributed by atoms with Gasteiger partial charge in [0.2, 0.25) is 5.95 Å². The van der Waals surface area contributed by atoms with E-state index in [4.69, 9.17) is 4.74 Å². The average Bonchev–Trinajstić information content (AvgIpc) is 3.21. The SMILES string of the molecule is CN(C)c1ccc(/C=N\Nc2nc3c(c(=O)[nH]c(=O)n3C)n2CC(O)COc2ccc(Br)cc2)cc1. The summed E-state index contributed by atoms with van der Waals surface area (Å²) in [7, 11) is 5.43. The van der Waals surface area contributed by atoms with Crippen LogP contribution in [0.4, 0.5) is 11.6 Å². The van der Waals surface area contributed by atoms with Crippen LogP contribution in [0, 0.1) is 0 Å². The number of rotatable bonds is 9. The lowest BCUT2D eigenvalue weighted by atomic mass is 10.2. The molecule has 2 aromatic heterocycles. The number of nitrogens with zero attached hydrogens (tertiary/aromatic N) is 5. The Morgan fingerprint density at radius 3 is 2.56 bits per heavy atom. The molecule has 0 saturated heterocycles. The maximum Gasteiger partial charge on any atom is 0.329 e. The Morgan fingerprint density at radius 1 is 1.19 bits per heavy atom. The molecule has 11 nitrogen and oxygen atoms in total. The number of H-pyrrole nitrogens is 1. The zero-order valence-electron chi connectivity index (χ0n) is 20.0. The van der Waals surface area contributed by atoms with Crippen LogP contribution in [0.3, 0.4) is 0 Å². The van der Waals surface area contributed by atoms with E-state index in [1.54, 1.807) is 18.3 Å². The van der Waals surface area contributed by atoms with E-state index >= 15 is 0 Å². The van der Waals surface area contributed by atoms with Crippen LogP contribution in [0.15, 0.2) is 67.7 Å². The van der Waals surface area contributed by atoms with E-state index in [-0.39, 0.29) is 30.3 Å². The fourth-order valence-corrected chi connectivity index (χ4v) is 3.77. The van der Waals surface area contributed by atoms with Gasteiger partial charge < -0.3 is 19.3 Å². The third-order valence-electron chi connectivity index (χ3n) is 5.44. The van der Waals surface area contributed by atoms with Gasteiger partial charge in [-0.25, -0.2) is 10.2 Å². The van der Waals surface area contributed by atoms with E-state index in [0.29, 0.717) is 5.75 Å². The van der Waals surface area contributed by atoms with Gasteiger partial charge >= 0.3 is 5.69 Å². The van der Waals surface area contributed by atoms with E-state index in [1.165, 1.54) is 16.2 Å². The number of aromatic amines is 1. The summed E-state index contributed by atoms with van der Waals surface area (Å²) in [5, 5.41) is 14.9. The number of imidazole rings is 1. The normalized spacial score (nSPS) is 12.2. The number of hydrazone groups is 1. The molecule has 0 radical (unpaired) electrons. The second-order valence-corrected chi connectivity index (χ2v) is 9.23. The summed E-state index contributed by atoms with van der Waals surface area (Å²) in [6, 6.07) is 15.0. The van der Waals surface area contributed by atoms with E-state index < -0.39 is 17.4 Å². The van der Waals surface area contributed by atoms with Crippen LogP contribution in [-0.2, 0) is 13.6 Å². The molecule has 0 aliphatic heterocycles. The molecule has 36 heavy (non-hydrogen) atoms. The van der Waals surface area contributed by atoms with Gasteiger partial charge in [0.1, 0.15) is 18.5 Å². The van der Waals surface area contributed by atoms with Crippen LogP contribution in [0.25, 0.3) is 11.2 Å². The van der Waals surface area contributed by atoms with Crippen molar-refractivity contribution in [3.8, 4) is 5.75 Å². The van der Waals surface area contributed by atoms with Gasteiger partial charge in [0, 0.05) is 31.3 Å². The van der Waals surface area contributed by atoms with E-state index in [2.05, 4.69) is 36.4 Å². The summed E-state index contributed by atoms with van der Waals surface area (Å²) in [6.45, 7) is -0.0460. The molecule has 4 aromatic rings. The molecular formula is C24H26BrN7O4. The minimum atomic E-state index is -0.981. The van der Waals surface area contributed by atoms with Crippen LogP contribution in [0.5, 0.6) is 5.75 Å². The van der Waals surface area contributed by atoms with Crippen molar-refractivity contribution in [1.82, 2.24) is 19.1 Å². The Kier molecular flexibility index (Phi) is 7.55. The number of nitrogens with one attached hydrogen (secondary N) is 2. The second kappa shape index (κ2) is 10.8. The molecule has 0 bridgehead atoms. The number of aliphatic hydroxyl groups excluding tert-OH is 1. The summed E-state index contributed by atoms with van der Waals surface area (Å²) in [6.07, 6.45) is 0.630. The molecule has 4 rings (SSSR count). The minimum Gasteiger partial charge on any atom is -0.491 e. The second-order valence-electron chi connectivity index (χ2n) is 8.31. The van der Waals surface area contributed by atoms with Gasteiger partial charge in [0.15, 0.2) is 11.2 Å². The number of aromatic nitrogens is 4. The predicted octanol–water partition coefficient (Wildman–Crippen LogP) is 2.14. The number of hydrogen-bond acceptors (Lipinski definition) is 8. The van der Waals surface area contributed by atoms with E-state index in [1.807, 2.05) is 55.4 Å². The number of aryl methyl sites for hydroxylation is 1. The van der Waals surface area contributed by atoms with Crippen LogP contribution < -0.4 is 26.3 Å². The van der Waals surface area contributed by atoms with Crippen LogP contribution in [0.2, 0.25) is 0 Å². The zero-order chi connectivity index (χ0) is 25.8. The van der Waals surface area contributed by atoms with Crippen molar-refractivity contribution < 1.29 is 9.84 Å². The molecule has 1 atom stereocenters. The summed E-state index contributed by atoms with van der Waals surface area (Å²) in [5.74, 6) is 0.789. The van der Waals surface area contributed by atoms with Crippen molar-refractivity contribution in [2.75, 3.05) is 31.0 Å². The molecule has 0 spiro atoms. The smallest absolute Gasteiger partial charge is 0.329 e. The Balaban J connectivity index is 1.58. The monoisotopic (exact) mass is 555 g/mol. The van der Waals surface area contributed by atoms with Gasteiger partial charge in [-0.05, 0) is 42.0 Å². The van der Waals surface area contributed by atoms with E-state index in [0.717, 1.165) is 15.7 Å². The molecule has 12 heteroatoms. The molecular weight excluding hydrogens is 530 g/mol. The van der Waals surface area contributed by atoms with Gasteiger partial charge in [0.05, 0.1) is 12.8 Å². The molecule has 1 unspecified atom stereocenters. The third-order valence-corrected chi connectivity index (χ3v) is 5.97. The first-order valence-electron chi connectivity index (χ1n) is 11.1. The Bertz CT molecular complexity index is 1490. The largest absolute Gasteiger partial charge is 0.491 e. The quantitative estimate of drug-likeness (QED) is 0.213. The maximum absolute atomic E-state index is 12.6. The van der Waals surface area contributed by atoms with Gasteiger partial charge in [-0.1, -0.05) is 28.1 Å². The van der Waals surface area contributed by atoms with Gasteiger partial charge in [-0.3, -0.25) is 14.3 Å². The van der Waals surface area contributed by atoms with Crippen molar-refractivity contribution in [2.24, 2.45) is 12.1 Å². The highest BCUT2D eigenvalue weighted by atomic mass is 79.9. The summed E-state index contributed by atoms with van der Waals surface area (Å²) < 4.78 is 9.29. The molecule has 188 valence electrons. The molecule has 3 N–H and O–H groups in total. The van der Waals surface area contributed by atoms with Gasteiger partial charge in [-0.15, -0.1) is 0 Å². The number of anilines is 2. The first kappa shape index (κ1) is 25.2. The molecule has 0 aliphatic rings. The molecule has 2 aromatic carbocycles. The number of aliphatic hydroxyl groups is 1. The van der Waals surface area contributed by atoms with Crippen molar-refractivity contribution in [3.63, 3.8) is 0 Å². The summed E-state index contributed by atoms with van der Waals surface area (Å²) in [5.41, 5.74) is 3.83. The Labute approximate surface area is 214 Å². The first-order chi connectivity index (χ1) is 17.2.